The number of methoxy groups -OCH3 is 2. The fourth-order valence-electron chi connectivity index (χ4n) is 6.45. The van der Waals surface area contributed by atoms with Crippen LogP contribution in [0.15, 0.2) is 37.4 Å². The minimum Gasteiger partial charge on any atom is -0.497 e. The number of unbranched alkanes of at least 4 members (excludes halogenated alkanes) is 1. The molecule has 2 saturated carbocycles. The van der Waals surface area contributed by atoms with Gasteiger partial charge in [-0.3, -0.25) is 4.79 Å². The molecule has 1 aromatic carbocycles. The SMILES string of the molecule is C=CCCC[C@@H]1C[C@H]1OC(=O)N[C@H](C(=O)N1C[C@H](Oc2nc3cc(OC)ccc3nc2C=C)[C@@H](C2CC2)[C@H]1C(=O)OC)C(C)(C)C.[HH]. The van der Waals surface area contributed by atoms with Gasteiger partial charge in [-0.2, -0.15) is 0 Å². The maximum absolute atomic E-state index is 14.4. The third kappa shape index (κ3) is 7.29. The van der Waals surface area contributed by atoms with Crippen molar-refractivity contribution in [3.8, 4) is 11.6 Å². The Balaban J connectivity index is 0.00000500. The van der Waals surface area contributed by atoms with E-state index < -0.39 is 41.6 Å². The Morgan fingerprint density at radius 3 is 2.52 bits per heavy atom. The molecule has 11 nitrogen and oxygen atoms in total. The number of benzene rings is 1. The van der Waals surface area contributed by atoms with Crippen LogP contribution in [0.1, 0.15) is 66.4 Å². The van der Waals surface area contributed by atoms with Crippen molar-refractivity contribution in [2.75, 3.05) is 20.8 Å². The highest BCUT2D eigenvalue weighted by molar-refractivity contribution is 5.91. The van der Waals surface area contributed by atoms with Gasteiger partial charge in [0.25, 0.3) is 0 Å². The van der Waals surface area contributed by atoms with Gasteiger partial charge in [0.15, 0.2) is 0 Å². The summed E-state index contributed by atoms with van der Waals surface area (Å²) in [6.45, 7) is 13.4. The van der Waals surface area contributed by atoms with E-state index in [9.17, 15) is 14.4 Å². The molecule has 46 heavy (non-hydrogen) atoms. The lowest BCUT2D eigenvalue weighted by molar-refractivity contribution is -0.154. The largest absolute Gasteiger partial charge is 0.497 e. The van der Waals surface area contributed by atoms with Crippen molar-refractivity contribution in [2.24, 2.45) is 23.2 Å². The van der Waals surface area contributed by atoms with E-state index in [1.165, 1.54) is 12.0 Å². The van der Waals surface area contributed by atoms with E-state index in [1.54, 1.807) is 25.3 Å². The zero-order valence-corrected chi connectivity index (χ0v) is 27.5. The Morgan fingerprint density at radius 2 is 1.89 bits per heavy atom. The monoisotopic (exact) mass is 636 g/mol. The second-order valence-electron chi connectivity index (χ2n) is 13.6. The maximum Gasteiger partial charge on any atom is 0.408 e. The number of fused-ring (bicyclic) bond motifs is 1. The quantitative estimate of drug-likeness (QED) is 0.170. The van der Waals surface area contributed by atoms with Crippen LogP contribution in [0.2, 0.25) is 0 Å². The van der Waals surface area contributed by atoms with Gasteiger partial charge in [-0.05, 0) is 74.0 Å². The van der Waals surface area contributed by atoms with Gasteiger partial charge in [0.2, 0.25) is 11.8 Å². The fraction of sp³-hybridized carbons (Fsp3) is 0.571. The summed E-state index contributed by atoms with van der Waals surface area (Å²) < 4.78 is 22.8. The molecule has 2 aromatic rings. The summed E-state index contributed by atoms with van der Waals surface area (Å²) >= 11 is 0. The molecular formula is C35H48N4O7. The molecule has 5 rings (SSSR count). The fourth-order valence-corrected chi connectivity index (χ4v) is 6.45. The first-order chi connectivity index (χ1) is 22.0. The number of nitrogens with zero attached hydrogens (tertiary/aromatic N) is 3. The summed E-state index contributed by atoms with van der Waals surface area (Å²) in [6.07, 6.45) is 7.60. The molecule has 2 heterocycles. The molecule has 1 N–H and O–H groups in total. The number of amides is 2. The van der Waals surface area contributed by atoms with Crippen molar-refractivity contribution >= 4 is 35.1 Å². The van der Waals surface area contributed by atoms with Crippen LogP contribution in [0.25, 0.3) is 17.1 Å². The van der Waals surface area contributed by atoms with Gasteiger partial charge in [-0.15, -0.1) is 6.58 Å². The number of rotatable bonds is 13. The van der Waals surface area contributed by atoms with Crippen LogP contribution in [0.5, 0.6) is 11.6 Å². The van der Waals surface area contributed by atoms with Crippen molar-refractivity contribution in [3.63, 3.8) is 0 Å². The molecular weight excluding hydrogens is 588 g/mol. The molecule has 1 aromatic heterocycles. The van der Waals surface area contributed by atoms with Gasteiger partial charge in [0.05, 0.1) is 31.8 Å². The van der Waals surface area contributed by atoms with E-state index >= 15 is 0 Å². The van der Waals surface area contributed by atoms with Gasteiger partial charge in [-0.25, -0.2) is 19.6 Å². The van der Waals surface area contributed by atoms with E-state index in [1.807, 2.05) is 32.9 Å². The standard InChI is InChI=1S/C35H46N4O7.H2/c1-8-10-11-12-21-17-26(21)46-34(42)38-30(35(3,4)5)32(40)39-19-27(28(20-13-14-20)29(39)33(41)44-7)45-31-23(9-2)36-24-16-15-22(43-6)18-25(24)37-31;/h8-9,15-16,18,20-21,26-30H,1-2,10-14,17,19H2,3-7H3,(H,38,42);1H/t21-,26-,27+,28-,29+,30-;/m1./s1. The molecule has 0 unspecified atom stereocenters. The summed E-state index contributed by atoms with van der Waals surface area (Å²) in [7, 11) is 2.90. The Morgan fingerprint density at radius 1 is 1.13 bits per heavy atom. The first-order valence-electron chi connectivity index (χ1n) is 16.1. The van der Waals surface area contributed by atoms with Crippen LogP contribution in [-0.4, -0.2) is 77.9 Å². The molecule has 6 atom stereocenters. The molecule has 3 fully saturated rings. The number of hydrogen-bond donors (Lipinski definition) is 1. The van der Waals surface area contributed by atoms with Crippen molar-refractivity contribution in [3.05, 3.63) is 43.1 Å². The Bertz CT molecular complexity index is 1490. The number of aromatic nitrogens is 2. The summed E-state index contributed by atoms with van der Waals surface area (Å²) in [5, 5.41) is 2.83. The smallest absolute Gasteiger partial charge is 0.408 e. The van der Waals surface area contributed by atoms with E-state index in [0.29, 0.717) is 28.4 Å². The molecule has 0 bridgehead atoms. The molecule has 2 aliphatic carbocycles. The summed E-state index contributed by atoms with van der Waals surface area (Å²) in [4.78, 5) is 51.7. The van der Waals surface area contributed by atoms with Crippen LogP contribution < -0.4 is 14.8 Å². The van der Waals surface area contributed by atoms with Crippen LogP contribution in [0.4, 0.5) is 4.79 Å². The van der Waals surface area contributed by atoms with Crippen molar-refractivity contribution in [1.82, 2.24) is 20.2 Å². The number of ether oxygens (including phenoxy) is 4. The molecule has 3 aliphatic rings. The molecule has 0 radical (unpaired) electrons. The number of carbonyl (C=O) groups is 3. The highest BCUT2D eigenvalue weighted by atomic mass is 16.6. The van der Waals surface area contributed by atoms with Crippen molar-refractivity contribution < 1.29 is 34.8 Å². The number of likely N-dealkylation sites (tertiary alicyclic amines) is 1. The van der Waals surface area contributed by atoms with Crippen molar-refractivity contribution in [1.29, 1.82) is 0 Å². The van der Waals surface area contributed by atoms with Gasteiger partial charge in [-0.1, -0.05) is 33.4 Å². The zero-order chi connectivity index (χ0) is 33.2. The summed E-state index contributed by atoms with van der Waals surface area (Å²) in [6, 6.07) is 3.53. The minimum absolute atomic E-state index is 0. The Labute approximate surface area is 272 Å². The highest BCUT2D eigenvalue weighted by Gasteiger charge is 2.57. The first kappa shape index (κ1) is 33.2. The number of carbonyl (C=O) groups excluding carboxylic acids is 3. The van der Waals surface area contributed by atoms with Gasteiger partial charge < -0.3 is 29.2 Å². The van der Waals surface area contributed by atoms with E-state index in [-0.39, 0.29) is 31.8 Å². The molecule has 1 aliphatic heterocycles. The second kappa shape index (κ2) is 13.7. The highest BCUT2D eigenvalue weighted by Crippen LogP contribution is 2.47. The average molecular weight is 637 g/mol. The topological polar surface area (TPSA) is 129 Å². The maximum atomic E-state index is 14.4. The molecule has 11 heteroatoms. The van der Waals surface area contributed by atoms with E-state index in [2.05, 4.69) is 23.5 Å². The molecule has 250 valence electrons. The number of hydrogen-bond acceptors (Lipinski definition) is 9. The average Bonchev–Trinajstić information content (AvgIpc) is 3.96. The zero-order valence-electron chi connectivity index (χ0n) is 27.5. The summed E-state index contributed by atoms with van der Waals surface area (Å²) in [5.74, 6) is 0.110. The van der Waals surface area contributed by atoms with Gasteiger partial charge in [0.1, 0.15) is 35.7 Å². The molecule has 0 spiro atoms. The van der Waals surface area contributed by atoms with Crippen LogP contribution in [-0.2, 0) is 19.1 Å². The van der Waals surface area contributed by atoms with Crippen LogP contribution in [0.3, 0.4) is 0 Å². The predicted molar refractivity (Wildman–Crippen MR) is 175 cm³/mol. The van der Waals surface area contributed by atoms with Gasteiger partial charge >= 0.3 is 12.1 Å². The predicted octanol–water partition coefficient (Wildman–Crippen LogP) is 5.57. The molecule has 1 saturated heterocycles. The Hall–Kier alpha value is -4.15. The summed E-state index contributed by atoms with van der Waals surface area (Å²) in [5.41, 5.74) is 0.994. The third-order valence-corrected chi connectivity index (χ3v) is 9.19. The number of alkyl carbamates (subject to hydrolysis) is 1. The van der Waals surface area contributed by atoms with Gasteiger partial charge in [0, 0.05) is 13.4 Å². The Kier molecular flexibility index (Phi) is 9.88. The second-order valence-corrected chi connectivity index (χ2v) is 13.6. The normalized spacial score (nSPS) is 24.5. The number of esters is 1. The van der Waals surface area contributed by atoms with E-state index in [0.717, 1.165) is 38.5 Å². The lowest BCUT2D eigenvalue weighted by Gasteiger charge is -2.35. The number of nitrogens with one attached hydrogen (secondary N) is 1. The van der Waals surface area contributed by atoms with Crippen molar-refractivity contribution in [2.45, 2.75) is 83.6 Å². The lowest BCUT2D eigenvalue weighted by Crippen LogP contribution is -2.57. The van der Waals surface area contributed by atoms with E-state index in [4.69, 9.17) is 23.9 Å². The van der Waals surface area contributed by atoms with Crippen LogP contribution in [0, 0.1) is 23.2 Å². The first-order valence-corrected chi connectivity index (χ1v) is 16.1. The number of allylic oxidation sites excluding steroid dienone is 1. The molecule has 2 amide bonds. The minimum atomic E-state index is -0.958. The van der Waals surface area contributed by atoms with Crippen LogP contribution >= 0.6 is 0 Å². The lowest BCUT2D eigenvalue weighted by atomic mass is 9.85. The third-order valence-electron chi connectivity index (χ3n) is 9.19.